The topological polar surface area (TPSA) is 308 Å². The van der Waals surface area contributed by atoms with E-state index >= 15 is 0 Å². The molecule has 8 rings (SSSR count). The van der Waals surface area contributed by atoms with Gasteiger partial charge >= 0.3 is 0 Å². The van der Waals surface area contributed by atoms with Gasteiger partial charge in [0, 0.05) is 95.9 Å². The number of nitrogens with one attached hydrogen (secondary N) is 1. The van der Waals surface area contributed by atoms with Gasteiger partial charge in [-0.25, -0.2) is 13.4 Å². The number of pyridine rings is 1. The number of aromatic nitrogens is 3. The van der Waals surface area contributed by atoms with Crippen LogP contribution >= 0.6 is 0 Å². The molecule has 5 aromatic rings. The maximum absolute atomic E-state index is 12.9. The molecule has 3 aliphatic heterocycles. The average Bonchev–Trinajstić information content (AvgIpc) is 1.63. The number of carbonyl (C=O) groups is 1. The van der Waals surface area contributed by atoms with E-state index in [0.717, 1.165) is 40.8 Å². The first kappa shape index (κ1) is 67.9. The van der Waals surface area contributed by atoms with Crippen LogP contribution in [-0.4, -0.2) is 164 Å². The fraction of sp³-hybridized carbons (Fsp3) is 0.484. The van der Waals surface area contributed by atoms with Crippen molar-refractivity contribution >= 4 is 74.4 Å². The molecule has 1 fully saturated rings. The van der Waals surface area contributed by atoms with Gasteiger partial charge in [0.05, 0.1) is 81.0 Å². The summed E-state index contributed by atoms with van der Waals surface area (Å²) in [5.74, 6) is -1.33. The molecule has 1 amide bonds. The molecule has 88 heavy (non-hydrogen) atoms. The molecule has 26 heteroatoms. The second-order valence-electron chi connectivity index (χ2n) is 23.5. The highest BCUT2D eigenvalue weighted by atomic mass is 32.2. The lowest BCUT2D eigenvalue weighted by molar-refractivity contribution is -0.437. The predicted octanol–water partition coefficient (Wildman–Crippen LogP) is 8.09. The van der Waals surface area contributed by atoms with Gasteiger partial charge in [-0.1, -0.05) is 43.2 Å². The van der Waals surface area contributed by atoms with Gasteiger partial charge in [0.1, 0.15) is 6.54 Å². The summed E-state index contributed by atoms with van der Waals surface area (Å²) >= 11 is 0. The third-order valence-corrected chi connectivity index (χ3v) is 20.1. The van der Waals surface area contributed by atoms with Crippen molar-refractivity contribution in [2.45, 2.75) is 132 Å². The van der Waals surface area contributed by atoms with E-state index in [9.17, 15) is 56.7 Å². The fourth-order valence-corrected chi connectivity index (χ4v) is 14.1. The van der Waals surface area contributed by atoms with Crippen LogP contribution < -0.4 is 10.2 Å². The largest absolute Gasteiger partial charge is 0.748 e. The van der Waals surface area contributed by atoms with Crippen LogP contribution in [0.2, 0.25) is 0 Å². The predicted molar refractivity (Wildman–Crippen MR) is 336 cm³/mol. The zero-order valence-corrected chi connectivity index (χ0v) is 53.8. The molecule has 0 bridgehead atoms. The quantitative estimate of drug-likeness (QED) is 0.0137. The third kappa shape index (κ3) is 17.7. The van der Waals surface area contributed by atoms with Crippen LogP contribution in [0.3, 0.4) is 0 Å². The molecule has 0 spiro atoms. The summed E-state index contributed by atoms with van der Waals surface area (Å²) in [5.41, 5.74) is 6.71. The molecule has 0 aliphatic carbocycles. The Morgan fingerprint density at radius 1 is 0.795 bits per heavy atom. The van der Waals surface area contributed by atoms with E-state index in [1.54, 1.807) is 30.4 Å². The van der Waals surface area contributed by atoms with Crippen LogP contribution in [0, 0.1) is 6.92 Å². The van der Waals surface area contributed by atoms with Crippen LogP contribution in [0.15, 0.2) is 119 Å². The van der Waals surface area contributed by atoms with E-state index in [-0.39, 0.29) is 48.1 Å². The molecule has 4 N–H and O–H groups in total. The minimum atomic E-state index is -4.65. The first-order valence-corrected chi connectivity index (χ1v) is 35.8. The van der Waals surface area contributed by atoms with Crippen molar-refractivity contribution in [3.05, 3.63) is 131 Å². The van der Waals surface area contributed by atoms with Gasteiger partial charge in [-0.15, -0.1) is 0 Å². The van der Waals surface area contributed by atoms with E-state index in [1.165, 1.54) is 61.3 Å². The summed E-state index contributed by atoms with van der Waals surface area (Å²) in [4.78, 5) is 21.6. The van der Waals surface area contributed by atoms with Crippen molar-refractivity contribution in [1.82, 2.24) is 25.0 Å². The number of anilines is 1. The summed E-state index contributed by atoms with van der Waals surface area (Å²) < 4.78 is 153. The SMILES string of the molecule is Cc1nn(CCOCCOCCNC(=O)CCCCCC2(C)\C(=C/C=C/C=C/C3=[N+](CCCS(=O)(=O)O)c4ccc(S(=O)(=O)O)cc4C3(C)C)N(CCCS(=O)(=O)[O-])c3ccc(S(=O)(=O)O)cc32)cc1-c1ccc2cc(CCN3CCC[C@H]3C)ccc2n1. The summed E-state index contributed by atoms with van der Waals surface area (Å²) in [6, 6.07) is 19.7. The number of rotatable bonds is 32. The lowest BCUT2D eigenvalue weighted by Gasteiger charge is -2.30. The summed E-state index contributed by atoms with van der Waals surface area (Å²) in [6.45, 7) is 14.6. The Morgan fingerprint density at radius 3 is 2.23 bits per heavy atom. The highest BCUT2D eigenvalue weighted by Crippen LogP contribution is 2.51. The second kappa shape index (κ2) is 28.8. The molecule has 1 saturated heterocycles. The Kier molecular flexibility index (Phi) is 22.3. The molecule has 3 aromatic carbocycles. The first-order chi connectivity index (χ1) is 41.5. The monoisotopic (exact) mass is 1290 g/mol. The number of fused-ring (bicyclic) bond motifs is 3. The molecule has 0 saturated carbocycles. The lowest BCUT2D eigenvalue weighted by atomic mass is 9.77. The molecule has 2 atom stereocenters. The van der Waals surface area contributed by atoms with E-state index in [2.05, 4.69) is 47.5 Å². The first-order valence-electron chi connectivity index (χ1n) is 29.7. The minimum Gasteiger partial charge on any atom is -0.748 e. The zero-order valence-electron chi connectivity index (χ0n) is 50.5. The van der Waals surface area contributed by atoms with E-state index in [4.69, 9.17) is 19.6 Å². The van der Waals surface area contributed by atoms with E-state index in [0.29, 0.717) is 105 Å². The average molecular weight is 1290 g/mol. The maximum atomic E-state index is 12.9. The Hall–Kier alpha value is -6.04. The molecule has 22 nitrogen and oxygen atoms in total. The van der Waals surface area contributed by atoms with Crippen LogP contribution in [0.4, 0.5) is 11.4 Å². The molecule has 0 radical (unpaired) electrons. The second-order valence-corrected chi connectivity index (χ2v) is 29.5. The third-order valence-electron chi connectivity index (χ3n) is 16.8. The number of unbranched alkanes of at least 4 members (excludes halogenated alkanes) is 2. The van der Waals surface area contributed by atoms with Gasteiger partial charge < -0.3 is 29.1 Å². The maximum Gasteiger partial charge on any atom is 0.294 e. The fourth-order valence-electron chi connectivity index (χ4n) is 12.1. The Morgan fingerprint density at radius 2 is 1.52 bits per heavy atom. The Bertz CT molecular complexity index is 3960. The van der Waals surface area contributed by atoms with Gasteiger partial charge in [0.15, 0.2) is 5.71 Å². The smallest absolute Gasteiger partial charge is 0.294 e. The van der Waals surface area contributed by atoms with Gasteiger partial charge in [0.2, 0.25) is 11.6 Å². The van der Waals surface area contributed by atoms with Crippen molar-refractivity contribution in [3.8, 4) is 11.3 Å². The molecule has 478 valence electrons. The number of hydrogen-bond donors (Lipinski definition) is 4. The summed E-state index contributed by atoms with van der Waals surface area (Å²) in [5, 5.41) is 8.71. The highest BCUT2D eigenvalue weighted by molar-refractivity contribution is 7.86. The number of hydrogen-bond acceptors (Lipinski definition) is 16. The van der Waals surface area contributed by atoms with Gasteiger partial charge in [-0.2, -0.15) is 34.9 Å². The van der Waals surface area contributed by atoms with Crippen LogP contribution in [-0.2, 0) is 78.5 Å². The summed E-state index contributed by atoms with van der Waals surface area (Å²) in [7, 11) is -18.1. The van der Waals surface area contributed by atoms with E-state index < -0.39 is 62.8 Å². The molecule has 5 heterocycles. The number of carbonyl (C=O) groups excluding carboxylic acids is 1. The number of nitrogens with zero attached hydrogens (tertiary/aromatic N) is 6. The highest BCUT2D eigenvalue weighted by Gasteiger charge is 2.46. The normalized spacial score (nSPS) is 18.7. The van der Waals surface area contributed by atoms with Crippen LogP contribution in [0.25, 0.3) is 22.2 Å². The number of ether oxygens (including phenoxy) is 2. The van der Waals surface area contributed by atoms with Gasteiger partial charge in [-0.3, -0.25) is 23.1 Å². The molecular weight excluding hydrogens is 1210 g/mol. The van der Waals surface area contributed by atoms with Crippen molar-refractivity contribution in [1.29, 1.82) is 0 Å². The van der Waals surface area contributed by atoms with Crippen molar-refractivity contribution in [2.24, 2.45) is 0 Å². The zero-order chi connectivity index (χ0) is 63.7. The number of allylic oxidation sites excluding steroid dienone is 6. The standard InChI is InChI=1S/C62H81N7O15S4/c1-45-15-12-30-66(45)33-27-47-19-23-54-48(41-47)20-24-55(64-54)51-44-67(65-46(51)2)34-36-84-38-37-83-35-29-63-60(70)18-10-7-11-28-62(5)53-43-50(88(80,81)82)22-26-57(53)69(32-14-40-86(74,75)76)59(62)17-9-6-8-16-58-61(3,4)52-42-49(87(77,78)79)21-25-56(52)68(58)31-13-39-85(71,72)73/h6,8-9,16-17,19-26,41-45H,7,10-15,18,27-40H2,1-5H3,(H4-,63,70,71,72,73,74,75,76,77,78,79,80,81,82)/t45-,62?/m1/s1. The molecule has 1 unspecified atom stereocenters. The number of amides is 1. The number of aryl methyl sites for hydroxylation is 1. The number of likely N-dealkylation sites (tertiary alicyclic amines) is 1. The van der Waals surface area contributed by atoms with E-state index in [1.807, 2.05) is 48.0 Å². The molecular formula is C62H81N7O15S4. The van der Waals surface area contributed by atoms with Crippen molar-refractivity contribution in [2.75, 3.05) is 75.6 Å². The molecule has 2 aromatic heterocycles. The van der Waals surface area contributed by atoms with Gasteiger partial charge in [0.25, 0.3) is 30.4 Å². The van der Waals surface area contributed by atoms with Crippen LogP contribution in [0.5, 0.6) is 0 Å². The van der Waals surface area contributed by atoms with Crippen molar-refractivity contribution in [3.63, 3.8) is 0 Å². The van der Waals surface area contributed by atoms with Crippen molar-refractivity contribution < 1.29 is 70.7 Å². The Labute approximate surface area is 517 Å². The van der Waals surface area contributed by atoms with Crippen LogP contribution in [0.1, 0.15) is 108 Å². The Balaban J connectivity index is 0.826. The summed E-state index contributed by atoms with van der Waals surface area (Å²) in [6.07, 6.45) is 16.6. The molecule has 3 aliphatic rings. The lowest BCUT2D eigenvalue weighted by Crippen LogP contribution is -2.30. The minimum absolute atomic E-state index is 0.0272. The number of benzene rings is 3. The van der Waals surface area contributed by atoms with Gasteiger partial charge in [-0.05, 0) is 145 Å².